The van der Waals surface area contributed by atoms with Gasteiger partial charge in [0.2, 0.25) is 5.91 Å². The number of pyridine rings is 3. The van der Waals surface area contributed by atoms with E-state index in [-0.39, 0.29) is 5.91 Å². The molecule has 34 heavy (non-hydrogen) atoms. The van der Waals surface area contributed by atoms with Crippen LogP contribution < -0.4 is 5.32 Å². The minimum atomic E-state index is 0.0470. The molecule has 1 amide bonds. The number of carbonyl (C=O) groups excluding carboxylic acids is 1. The Morgan fingerprint density at radius 1 is 1.03 bits per heavy atom. The molecule has 1 aliphatic rings. The fraction of sp³-hybridized carbons (Fsp3) is 0.280. The van der Waals surface area contributed by atoms with Gasteiger partial charge in [-0.05, 0) is 37.0 Å². The van der Waals surface area contributed by atoms with Gasteiger partial charge in [0.25, 0.3) is 0 Å². The maximum atomic E-state index is 12.6. The lowest BCUT2D eigenvalue weighted by Crippen LogP contribution is -2.18. The van der Waals surface area contributed by atoms with Gasteiger partial charge < -0.3 is 10.3 Å². The van der Waals surface area contributed by atoms with Gasteiger partial charge in [-0.1, -0.05) is 19.3 Å². The Morgan fingerprint density at radius 3 is 2.82 bits per heavy atom. The second-order valence-corrected chi connectivity index (χ2v) is 8.88. The van der Waals surface area contributed by atoms with Gasteiger partial charge in [-0.25, -0.2) is 4.98 Å². The minimum absolute atomic E-state index is 0.0470. The second-order valence-electron chi connectivity index (χ2n) is 8.88. The van der Waals surface area contributed by atoms with Crippen molar-refractivity contribution in [1.29, 1.82) is 0 Å². The van der Waals surface area contributed by atoms with Crippen LogP contribution in [0.4, 0.5) is 5.69 Å². The summed E-state index contributed by atoms with van der Waals surface area (Å²) in [7, 11) is 0. The number of fused-ring (bicyclic) bond motifs is 2. The molecule has 5 aromatic heterocycles. The lowest BCUT2D eigenvalue weighted by Gasteiger charge is -2.20. The number of nitrogens with zero attached hydrogens (tertiary/aromatic N) is 5. The summed E-state index contributed by atoms with van der Waals surface area (Å²) < 4.78 is 0. The smallest absolute Gasteiger partial charge is 0.224 e. The molecule has 5 aromatic rings. The third-order valence-corrected chi connectivity index (χ3v) is 6.47. The van der Waals surface area contributed by atoms with E-state index in [9.17, 15) is 4.79 Å². The van der Waals surface area contributed by atoms with Crippen molar-refractivity contribution in [3.8, 4) is 22.8 Å². The van der Waals surface area contributed by atoms with Crippen LogP contribution in [0.15, 0.2) is 49.2 Å². The maximum Gasteiger partial charge on any atom is 0.224 e. The molecule has 170 valence electrons. The number of nitrogens with one attached hydrogen (secondary N) is 3. The normalized spacial score (nSPS) is 14.6. The van der Waals surface area contributed by atoms with E-state index in [0.717, 1.165) is 46.0 Å². The number of imidazole rings is 1. The van der Waals surface area contributed by atoms with Crippen LogP contribution in [-0.4, -0.2) is 41.0 Å². The van der Waals surface area contributed by atoms with Gasteiger partial charge in [0.15, 0.2) is 5.82 Å². The van der Waals surface area contributed by atoms with E-state index in [1.165, 1.54) is 19.3 Å². The Kier molecular flexibility index (Phi) is 5.21. The number of anilines is 1. The number of aromatic nitrogens is 7. The Bertz CT molecular complexity index is 1450. The SMILES string of the molecule is O=C(CC1CCCCC1)Nc1cncc(-c2cc3c(-c4nc5ccncc5[nH]4)n[nH]c3cn2)c1. The van der Waals surface area contributed by atoms with Crippen LogP contribution in [0.25, 0.3) is 44.7 Å². The van der Waals surface area contributed by atoms with Crippen LogP contribution in [0.2, 0.25) is 0 Å². The molecule has 9 heteroatoms. The molecule has 0 bridgehead atoms. The first-order valence-electron chi connectivity index (χ1n) is 11.6. The predicted octanol–water partition coefficient (Wildman–Crippen LogP) is 4.87. The van der Waals surface area contributed by atoms with Crippen LogP contribution in [0.5, 0.6) is 0 Å². The fourth-order valence-corrected chi connectivity index (χ4v) is 4.74. The number of carbonyl (C=O) groups is 1. The molecule has 0 aromatic carbocycles. The largest absolute Gasteiger partial charge is 0.335 e. The highest BCUT2D eigenvalue weighted by molar-refractivity contribution is 5.95. The van der Waals surface area contributed by atoms with E-state index < -0.39 is 0 Å². The van der Waals surface area contributed by atoms with Crippen molar-refractivity contribution >= 4 is 33.5 Å². The summed E-state index contributed by atoms with van der Waals surface area (Å²) in [6.45, 7) is 0. The first-order valence-corrected chi connectivity index (χ1v) is 11.6. The van der Waals surface area contributed by atoms with E-state index in [2.05, 4.69) is 40.4 Å². The Balaban J connectivity index is 1.27. The number of H-pyrrole nitrogens is 2. The number of rotatable bonds is 5. The summed E-state index contributed by atoms with van der Waals surface area (Å²) in [5.74, 6) is 1.20. The van der Waals surface area contributed by atoms with Crippen LogP contribution in [0.3, 0.4) is 0 Å². The molecule has 0 atom stereocenters. The minimum Gasteiger partial charge on any atom is -0.335 e. The molecule has 9 nitrogen and oxygen atoms in total. The first-order chi connectivity index (χ1) is 16.7. The van der Waals surface area contributed by atoms with Gasteiger partial charge >= 0.3 is 0 Å². The molecule has 6 rings (SSSR count). The van der Waals surface area contributed by atoms with Gasteiger partial charge in [-0.3, -0.25) is 24.8 Å². The summed E-state index contributed by atoms with van der Waals surface area (Å²) in [6.07, 6.45) is 15.2. The molecule has 3 N–H and O–H groups in total. The van der Waals surface area contributed by atoms with E-state index in [4.69, 9.17) is 0 Å². The van der Waals surface area contributed by atoms with E-state index in [1.807, 2.05) is 18.2 Å². The highest BCUT2D eigenvalue weighted by Crippen LogP contribution is 2.30. The quantitative estimate of drug-likeness (QED) is 0.349. The summed E-state index contributed by atoms with van der Waals surface area (Å²) in [6, 6.07) is 5.73. The molecule has 1 aliphatic carbocycles. The second kappa shape index (κ2) is 8.66. The first kappa shape index (κ1) is 20.5. The fourth-order valence-electron chi connectivity index (χ4n) is 4.74. The third kappa shape index (κ3) is 4.00. The molecule has 1 fully saturated rings. The monoisotopic (exact) mass is 452 g/mol. The van der Waals surface area contributed by atoms with E-state index in [0.29, 0.717) is 29.5 Å². The van der Waals surface area contributed by atoms with Gasteiger partial charge in [0, 0.05) is 29.8 Å². The zero-order chi connectivity index (χ0) is 22.9. The van der Waals surface area contributed by atoms with Crippen molar-refractivity contribution in [1.82, 2.24) is 35.1 Å². The summed E-state index contributed by atoms with van der Waals surface area (Å²) >= 11 is 0. The van der Waals surface area contributed by atoms with Crippen LogP contribution in [-0.2, 0) is 4.79 Å². The average molecular weight is 453 g/mol. The molecule has 0 saturated heterocycles. The van der Waals surface area contributed by atoms with Crippen molar-refractivity contribution in [2.75, 3.05) is 5.32 Å². The maximum absolute atomic E-state index is 12.6. The molecule has 0 radical (unpaired) electrons. The van der Waals surface area contributed by atoms with Crippen LogP contribution in [0.1, 0.15) is 38.5 Å². The van der Waals surface area contributed by atoms with Crippen molar-refractivity contribution in [2.24, 2.45) is 5.92 Å². The third-order valence-electron chi connectivity index (χ3n) is 6.47. The van der Waals surface area contributed by atoms with Crippen molar-refractivity contribution < 1.29 is 4.79 Å². The Hall–Kier alpha value is -4.14. The van der Waals surface area contributed by atoms with Gasteiger partial charge in [0.05, 0.1) is 46.5 Å². The van der Waals surface area contributed by atoms with Crippen molar-refractivity contribution in [3.05, 3.63) is 49.2 Å². The van der Waals surface area contributed by atoms with Gasteiger partial charge in [0.1, 0.15) is 5.69 Å². The molecule has 0 aliphatic heterocycles. The average Bonchev–Trinajstić information content (AvgIpc) is 3.48. The van der Waals surface area contributed by atoms with Gasteiger partial charge in [-0.2, -0.15) is 5.10 Å². The lowest BCUT2D eigenvalue weighted by molar-refractivity contribution is -0.117. The molecule has 0 unspecified atom stereocenters. The molecule has 5 heterocycles. The number of hydrogen-bond donors (Lipinski definition) is 3. The zero-order valence-corrected chi connectivity index (χ0v) is 18.6. The summed E-state index contributed by atoms with van der Waals surface area (Å²) in [5, 5.41) is 11.4. The Morgan fingerprint density at radius 2 is 1.94 bits per heavy atom. The molecule has 1 saturated carbocycles. The lowest BCUT2D eigenvalue weighted by atomic mass is 9.87. The van der Waals surface area contributed by atoms with Crippen molar-refractivity contribution in [3.63, 3.8) is 0 Å². The standard InChI is InChI=1S/C25H24N8O/c34-23(8-15-4-2-1-3-5-15)29-17-9-16(11-27-12-17)20-10-18-21(14-28-20)32-33-24(18)25-30-19-6-7-26-13-22(19)31-25/h6-7,9-15H,1-5,8H2,(H,29,34)(H,30,31)(H,32,33). The topological polar surface area (TPSA) is 125 Å². The Labute approximate surface area is 195 Å². The van der Waals surface area contributed by atoms with Crippen LogP contribution in [0, 0.1) is 5.92 Å². The molecular weight excluding hydrogens is 428 g/mol. The molecule has 0 spiro atoms. The van der Waals surface area contributed by atoms with Gasteiger partial charge in [-0.15, -0.1) is 0 Å². The van der Waals surface area contributed by atoms with E-state index >= 15 is 0 Å². The summed E-state index contributed by atoms with van der Waals surface area (Å²) in [4.78, 5) is 33.5. The number of hydrogen-bond acceptors (Lipinski definition) is 6. The van der Waals surface area contributed by atoms with Crippen LogP contribution >= 0.6 is 0 Å². The molecular formula is C25H24N8O. The van der Waals surface area contributed by atoms with Crippen molar-refractivity contribution in [2.45, 2.75) is 38.5 Å². The van der Waals surface area contributed by atoms with E-state index in [1.54, 1.807) is 31.0 Å². The number of amides is 1. The predicted molar refractivity (Wildman–Crippen MR) is 130 cm³/mol. The zero-order valence-electron chi connectivity index (χ0n) is 18.6. The number of aromatic amines is 2. The highest BCUT2D eigenvalue weighted by atomic mass is 16.1. The highest BCUT2D eigenvalue weighted by Gasteiger charge is 2.18. The summed E-state index contributed by atoms with van der Waals surface area (Å²) in [5.41, 5.74) is 5.43.